The number of anilines is 1. The van der Waals surface area contributed by atoms with Gasteiger partial charge >= 0.3 is 5.97 Å². The molecular formula is C26H31N3O3S. The maximum absolute atomic E-state index is 12.6. The van der Waals surface area contributed by atoms with Crippen molar-refractivity contribution in [1.82, 2.24) is 9.88 Å². The molecule has 3 aromatic rings. The third-order valence-electron chi connectivity index (χ3n) is 6.62. The van der Waals surface area contributed by atoms with Gasteiger partial charge in [0.2, 0.25) is 0 Å². The molecule has 1 saturated carbocycles. The van der Waals surface area contributed by atoms with E-state index >= 15 is 0 Å². The number of aliphatic carboxylic acids is 1. The largest absolute Gasteiger partial charge is 0.481 e. The van der Waals surface area contributed by atoms with E-state index in [9.17, 15) is 9.59 Å². The van der Waals surface area contributed by atoms with Gasteiger partial charge in [0, 0.05) is 41.3 Å². The lowest BCUT2D eigenvalue weighted by Gasteiger charge is -2.31. The Balaban J connectivity index is 1.55. The molecule has 174 valence electrons. The molecule has 0 saturated heterocycles. The van der Waals surface area contributed by atoms with Crippen molar-refractivity contribution in [3.05, 3.63) is 58.6 Å². The first kappa shape index (κ1) is 23.2. The summed E-state index contributed by atoms with van der Waals surface area (Å²) in [6, 6.07) is 11.9. The van der Waals surface area contributed by atoms with Gasteiger partial charge in [0.15, 0.2) is 0 Å². The van der Waals surface area contributed by atoms with Crippen LogP contribution in [0.2, 0.25) is 0 Å². The molecule has 1 fully saturated rings. The molecule has 4 rings (SSSR count). The summed E-state index contributed by atoms with van der Waals surface area (Å²) in [5.41, 5.74) is 2.85. The number of carbonyl (C=O) groups excluding carboxylic acids is 1. The fourth-order valence-electron chi connectivity index (χ4n) is 4.71. The number of hydrogen-bond donors (Lipinski definition) is 2. The van der Waals surface area contributed by atoms with Crippen LogP contribution in [0.25, 0.3) is 10.2 Å². The number of carboxylic acid groups (broad SMARTS) is 1. The van der Waals surface area contributed by atoms with Crippen molar-refractivity contribution < 1.29 is 14.7 Å². The number of aromatic nitrogens is 1. The van der Waals surface area contributed by atoms with Crippen molar-refractivity contribution in [2.75, 3.05) is 18.9 Å². The molecule has 2 heterocycles. The Hall–Kier alpha value is -2.93. The lowest BCUT2D eigenvalue weighted by Crippen LogP contribution is -2.29. The summed E-state index contributed by atoms with van der Waals surface area (Å²) in [5, 5.41) is 13.9. The van der Waals surface area contributed by atoms with Crippen LogP contribution in [0.1, 0.15) is 65.4 Å². The lowest BCUT2D eigenvalue weighted by molar-refractivity contribution is -0.137. The summed E-state index contributed by atoms with van der Waals surface area (Å²) in [5.74, 6) is -0.512. The van der Waals surface area contributed by atoms with Gasteiger partial charge in [-0.05, 0) is 61.6 Å². The molecule has 7 heteroatoms. The summed E-state index contributed by atoms with van der Waals surface area (Å²) in [4.78, 5) is 31.9. The van der Waals surface area contributed by atoms with Crippen LogP contribution in [0.15, 0.2) is 42.6 Å². The number of aryl methyl sites for hydroxylation is 1. The van der Waals surface area contributed by atoms with Crippen LogP contribution in [-0.4, -0.2) is 40.5 Å². The number of rotatable bonds is 8. The first-order valence-corrected chi connectivity index (χ1v) is 12.4. The number of hydrogen-bond acceptors (Lipinski definition) is 5. The van der Waals surface area contributed by atoms with Crippen LogP contribution in [0.3, 0.4) is 0 Å². The van der Waals surface area contributed by atoms with Gasteiger partial charge in [0.05, 0.1) is 12.5 Å². The van der Waals surface area contributed by atoms with Crippen LogP contribution in [-0.2, 0) is 4.79 Å². The molecule has 0 spiro atoms. The molecule has 1 aromatic carbocycles. The zero-order chi connectivity index (χ0) is 23.4. The second-order valence-electron chi connectivity index (χ2n) is 8.92. The average molecular weight is 466 g/mol. The van der Waals surface area contributed by atoms with Gasteiger partial charge in [0.25, 0.3) is 5.91 Å². The van der Waals surface area contributed by atoms with Gasteiger partial charge in [-0.2, -0.15) is 0 Å². The lowest BCUT2D eigenvalue weighted by atomic mass is 9.82. The zero-order valence-electron chi connectivity index (χ0n) is 19.2. The van der Waals surface area contributed by atoms with Gasteiger partial charge in [-0.15, -0.1) is 11.3 Å². The summed E-state index contributed by atoms with van der Waals surface area (Å²) in [7, 11) is 1.63. The standard InChI is InChI=1S/C26H31N3O3S/c1-17-21-9-6-15-27-25(21)33-24(17)23(18-7-4-3-5-8-18)28-20-12-10-19(11-13-20)26(32)29(2)16-14-22(30)31/h6,9-13,15,18,23,28H,3-5,7-8,14,16H2,1-2H3,(H,30,31). The molecule has 1 amide bonds. The van der Waals surface area contributed by atoms with Crippen LogP contribution in [0.4, 0.5) is 5.69 Å². The number of amides is 1. The van der Waals surface area contributed by atoms with Crippen LogP contribution >= 0.6 is 11.3 Å². The Labute approximate surface area is 198 Å². The second-order valence-corrected chi connectivity index (χ2v) is 9.95. The molecule has 2 aromatic heterocycles. The number of pyridine rings is 1. The van der Waals surface area contributed by atoms with Crippen molar-refractivity contribution in [3.8, 4) is 0 Å². The highest BCUT2D eigenvalue weighted by Gasteiger charge is 2.28. The molecule has 0 bridgehead atoms. The average Bonchev–Trinajstić information content (AvgIpc) is 3.17. The van der Waals surface area contributed by atoms with Crippen molar-refractivity contribution in [2.45, 2.75) is 51.5 Å². The van der Waals surface area contributed by atoms with Crippen molar-refractivity contribution in [1.29, 1.82) is 0 Å². The van der Waals surface area contributed by atoms with Crippen LogP contribution in [0.5, 0.6) is 0 Å². The van der Waals surface area contributed by atoms with Crippen molar-refractivity contribution >= 4 is 39.1 Å². The molecule has 6 nitrogen and oxygen atoms in total. The normalized spacial score (nSPS) is 15.3. The molecule has 1 atom stereocenters. The fraction of sp³-hybridized carbons (Fsp3) is 0.423. The molecule has 0 aliphatic heterocycles. The number of benzene rings is 1. The van der Waals surface area contributed by atoms with E-state index in [1.807, 2.05) is 36.5 Å². The minimum Gasteiger partial charge on any atom is -0.481 e. The minimum atomic E-state index is -0.908. The highest BCUT2D eigenvalue weighted by Crippen LogP contribution is 2.42. The summed E-state index contributed by atoms with van der Waals surface area (Å²) in [6.07, 6.45) is 8.06. The summed E-state index contributed by atoms with van der Waals surface area (Å²) >= 11 is 1.78. The number of carbonyl (C=O) groups is 2. The van der Waals surface area contributed by atoms with Crippen LogP contribution < -0.4 is 5.32 Å². The Morgan fingerprint density at radius 2 is 1.91 bits per heavy atom. The van der Waals surface area contributed by atoms with E-state index in [1.54, 1.807) is 18.4 Å². The van der Waals surface area contributed by atoms with E-state index < -0.39 is 5.97 Å². The number of nitrogens with zero attached hydrogens (tertiary/aromatic N) is 2. The van der Waals surface area contributed by atoms with E-state index in [1.165, 1.54) is 52.8 Å². The van der Waals surface area contributed by atoms with E-state index in [0.717, 1.165) is 10.5 Å². The van der Waals surface area contributed by atoms with Gasteiger partial charge in [0.1, 0.15) is 4.83 Å². The zero-order valence-corrected chi connectivity index (χ0v) is 20.0. The van der Waals surface area contributed by atoms with Gasteiger partial charge in [-0.3, -0.25) is 9.59 Å². The summed E-state index contributed by atoms with van der Waals surface area (Å²) < 4.78 is 0. The number of carboxylic acids is 1. The van der Waals surface area contributed by atoms with E-state index in [4.69, 9.17) is 5.11 Å². The predicted octanol–water partition coefficient (Wildman–Crippen LogP) is 5.88. The Morgan fingerprint density at radius 3 is 2.58 bits per heavy atom. The van der Waals surface area contributed by atoms with Gasteiger partial charge in [-0.25, -0.2) is 4.98 Å². The number of thiophene rings is 1. The Morgan fingerprint density at radius 1 is 1.18 bits per heavy atom. The maximum Gasteiger partial charge on any atom is 0.305 e. The molecular weight excluding hydrogens is 434 g/mol. The molecule has 1 aliphatic rings. The summed E-state index contributed by atoms with van der Waals surface area (Å²) in [6.45, 7) is 2.39. The maximum atomic E-state index is 12.6. The third kappa shape index (κ3) is 5.36. The minimum absolute atomic E-state index is 0.0612. The van der Waals surface area contributed by atoms with Crippen molar-refractivity contribution in [3.63, 3.8) is 0 Å². The van der Waals surface area contributed by atoms with E-state index in [2.05, 4.69) is 23.3 Å². The van der Waals surface area contributed by atoms with Gasteiger partial charge < -0.3 is 15.3 Å². The highest BCUT2D eigenvalue weighted by molar-refractivity contribution is 7.19. The molecule has 1 unspecified atom stereocenters. The highest BCUT2D eigenvalue weighted by atomic mass is 32.1. The Kier molecular flexibility index (Phi) is 7.28. The van der Waals surface area contributed by atoms with E-state index in [0.29, 0.717) is 11.5 Å². The predicted molar refractivity (Wildman–Crippen MR) is 133 cm³/mol. The van der Waals surface area contributed by atoms with Crippen LogP contribution in [0, 0.1) is 12.8 Å². The quantitative estimate of drug-likeness (QED) is 0.434. The smallest absolute Gasteiger partial charge is 0.305 e. The first-order valence-electron chi connectivity index (χ1n) is 11.6. The van der Waals surface area contributed by atoms with Crippen molar-refractivity contribution in [2.24, 2.45) is 5.92 Å². The second kappa shape index (κ2) is 10.3. The monoisotopic (exact) mass is 465 g/mol. The molecule has 1 aliphatic carbocycles. The Bertz CT molecular complexity index is 1120. The topological polar surface area (TPSA) is 82.5 Å². The fourth-order valence-corrected chi connectivity index (χ4v) is 6.00. The molecule has 2 N–H and O–H groups in total. The molecule has 0 radical (unpaired) electrons. The third-order valence-corrected chi connectivity index (χ3v) is 7.92. The SMILES string of the molecule is Cc1c(C(Nc2ccc(C(=O)N(C)CCC(=O)O)cc2)C2CCCCC2)sc2ncccc12. The first-order chi connectivity index (χ1) is 15.9. The van der Waals surface area contributed by atoms with E-state index in [-0.39, 0.29) is 24.9 Å². The van der Waals surface area contributed by atoms with Gasteiger partial charge in [-0.1, -0.05) is 25.3 Å². The number of fused-ring (bicyclic) bond motifs is 1. The number of nitrogens with one attached hydrogen (secondary N) is 1. The molecule has 33 heavy (non-hydrogen) atoms.